The van der Waals surface area contributed by atoms with Gasteiger partial charge in [-0.25, -0.2) is 9.78 Å². The van der Waals surface area contributed by atoms with Crippen LogP contribution in [0.2, 0.25) is 5.02 Å². The molecule has 6 nitrogen and oxygen atoms in total. The first-order chi connectivity index (χ1) is 13.4. The second kappa shape index (κ2) is 10.1. The number of benzene rings is 1. The van der Waals surface area contributed by atoms with Crippen molar-refractivity contribution in [2.75, 3.05) is 12.4 Å². The summed E-state index contributed by atoms with van der Waals surface area (Å²) in [7, 11) is 0. The molecule has 28 heavy (non-hydrogen) atoms. The molecule has 0 saturated carbocycles. The Kier molecular flexibility index (Phi) is 7.85. The molecule has 1 heterocycles. The van der Waals surface area contributed by atoms with Crippen molar-refractivity contribution in [3.8, 4) is 6.07 Å². The summed E-state index contributed by atoms with van der Waals surface area (Å²) < 4.78 is 4.97. The maximum Gasteiger partial charge on any atom is 0.340 e. The van der Waals surface area contributed by atoms with Crippen molar-refractivity contribution >= 4 is 35.2 Å². The van der Waals surface area contributed by atoms with Crippen molar-refractivity contribution in [1.29, 1.82) is 5.26 Å². The predicted molar refractivity (Wildman–Crippen MR) is 108 cm³/mol. The van der Waals surface area contributed by atoms with E-state index in [1.54, 1.807) is 19.9 Å². The van der Waals surface area contributed by atoms with Crippen LogP contribution in [0.25, 0.3) is 0 Å². The van der Waals surface area contributed by atoms with Crippen LogP contribution in [-0.2, 0) is 9.53 Å². The molecule has 0 spiro atoms. The number of esters is 1. The van der Waals surface area contributed by atoms with Crippen molar-refractivity contribution in [3.05, 3.63) is 57.7 Å². The average Bonchev–Trinajstić information content (AvgIpc) is 2.66. The number of nitrogens with zero attached hydrogens (tertiary/aromatic N) is 2. The number of hydrogen-bond acceptors (Lipinski definition) is 6. The van der Waals surface area contributed by atoms with E-state index in [9.17, 15) is 14.9 Å². The lowest BCUT2D eigenvalue weighted by molar-refractivity contribution is -0.119. The zero-order valence-electron chi connectivity index (χ0n) is 15.8. The first-order valence-electron chi connectivity index (χ1n) is 8.62. The number of aromatic nitrogens is 1. The van der Waals surface area contributed by atoms with Crippen LogP contribution in [0.15, 0.2) is 35.4 Å². The molecule has 0 bridgehead atoms. The van der Waals surface area contributed by atoms with Crippen LogP contribution in [0.3, 0.4) is 0 Å². The SMILES string of the molecule is CCOC(=O)c1cc(C#N)c(SCC(=O)N[C@@H](C)c2ccccc2Cl)nc1C. The third kappa shape index (κ3) is 5.47. The molecule has 0 aliphatic heterocycles. The van der Waals surface area contributed by atoms with Gasteiger partial charge in [-0.1, -0.05) is 41.6 Å². The maximum atomic E-state index is 12.3. The fourth-order valence-corrected chi connectivity index (χ4v) is 3.62. The van der Waals surface area contributed by atoms with Gasteiger partial charge in [-0.2, -0.15) is 5.26 Å². The zero-order chi connectivity index (χ0) is 20.7. The van der Waals surface area contributed by atoms with E-state index < -0.39 is 5.97 Å². The smallest absolute Gasteiger partial charge is 0.340 e. The Morgan fingerprint density at radius 2 is 2.11 bits per heavy atom. The summed E-state index contributed by atoms with van der Waals surface area (Å²) in [5.41, 5.74) is 1.75. The van der Waals surface area contributed by atoms with Gasteiger partial charge in [0.15, 0.2) is 0 Å². The summed E-state index contributed by atoms with van der Waals surface area (Å²) in [4.78, 5) is 28.5. The number of pyridine rings is 1. The van der Waals surface area contributed by atoms with Gasteiger partial charge in [0.2, 0.25) is 5.91 Å². The molecule has 2 aromatic rings. The van der Waals surface area contributed by atoms with E-state index in [1.807, 2.05) is 31.2 Å². The lowest BCUT2D eigenvalue weighted by Crippen LogP contribution is -2.28. The van der Waals surface area contributed by atoms with E-state index in [1.165, 1.54) is 6.07 Å². The number of halogens is 1. The number of nitriles is 1. The van der Waals surface area contributed by atoms with Gasteiger partial charge in [0, 0.05) is 5.02 Å². The topological polar surface area (TPSA) is 92.1 Å². The third-order valence-corrected chi connectivity index (χ3v) is 5.22. The number of ether oxygens (including phenoxy) is 1. The number of rotatable bonds is 7. The first-order valence-corrected chi connectivity index (χ1v) is 9.99. The van der Waals surface area contributed by atoms with Gasteiger partial charge in [-0.15, -0.1) is 0 Å². The molecule has 0 aliphatic rings. The first kappa shape index (κ1) is 21.7. The van der Waals surface area contributed by atoms with Gasteiger partial charge < -0.3 is 10.1 Å². The number of nitrogens with one attached hydrogen (secondary N) is 1. The summed E-state index contributed by atoms with van der Waals surface area (Å²) in [5.74, 6) is -0.656. The van der Waals surface area contributed by atoms with E-state index in [0.29, 0.717) is 15.7 Å². The van der Waals surface area contributed by atoms with Crippen molar-refractivity contribution < 1.29 is 14.3 Å². The molecule has 1 atom stereocenters. The van der Waals surface area contributed by atoms with Gasteiger partial charge in [0.05, 0.1) is 35.2 Å². The van der Waals surface area contributed by atoms with Gasteiger partial charge in [0.1, 0.15) is 11.1 Å². The molecule has 8 heteroatoms. The summed E-state index contributed by atoms with van der Waals surface area (Å²) in [6, 6.07) is 10.5. The third-order valence-electron chi connectivity index (χ3n) is 3.88. The second-order valence-electron chi connectivity index (χ2n) is 5.91. The van der Waals surface area contributed by atoms with Crippen molar-refractivity contribution in [2.24, 2.45) is 0 Å². The lowest BCUT2D eigenvalue weighted by atomic mass is 10.1. The Bertz CT molecular complexity index is 927. The van der Waals surface area contributed by atoms with Gasteiger partial charge in [-0.05, 0) is 38.5 Å². The average molecular weight is 418 g/mol. The molecule has 1 N–H and O–H groups in total. The largest absolute Gasteiger partial charge is 0.462 e. The Morgan fingerprint density at radius 3 is 2.75 bits per heavy atom. The molecule has 0 saturated heterocycles. The summed E-state index contributed by atoms with van der Waals surface area (Å²) in [6.07, 6.45) is 0. The van der Waals surface area contributed by atoms with Gasteiger partial charge >= 0.3 is 5.97 Å². The Labute approximate surface area is 173 Å². The summed E-state index contributed by atoms with van der Waals surface area (Å²) in [6.45, 7) is 5.46. The fourth-order valence-electron chi connectivity index (χ4n) is 2.51. The highest BCUT2D eigenvalue weighted by Gasteiger charge is 2.18. The number of thioether (sulfide) groups is 1. The van der Waals surface area contributed by atoms with E-state index in [4.69, 9.17) is 16.3 Å². The standard InChI is InChI=1S/C20H20ClN3O3S/c1-4-27-20(26)16-9-14(10-22)19(24-13(16)3)28-11-18(25)23-12(2)15-7-5-6-8-17(15)21/h5-9,12H,4,11H2,1-3H3,(H,23,25)/t12-/m0/s1. The fraction of sp³-hybridized carbons (Fsp3) is 0.300. The molecule has 0 unspecified atom stereocenters. The summed E-state index contributed by atoms with van der Waals surface area (Å²) in [5, 5.41) is 13.2. The van der Waals surface area contributed by atoms with E-state index in [0.717, 1.165) is 17.3 Å². The molecule has 0 fully saturated rings. The van der Waals surface area contributed by atoms with Crippen LogP contribution in [0, 0.1) is 18.3 Å². The van der Waals surface area contributed by atoms with Crippen LogP contribution >= 0.6 is 23.4 Å². The Balaban J connectivity index is 2.06. The predicted octanol–water partition coefficient (Wildman–Crippen LogP) is 4.06. The highest BCUT2D eigenvalue weighted by molar-refractivity contribution is 8.00. The molecule has 1 aromatic heterocycles. The highest BCUT2D eigenvalue weighted by Crippen LogP contribution is 2.25. The molecule has 1 amide bonds. The lowest BCUT2D eigenvalue weighted by Gasteiger charge is -2.15. The van der Waals surface area contributed by atoms with E-state index in [2.05, 4.69) is 10.3 Å². The molecule has 146 valence electrons. The number of amides is 1. The Morgan fingerprint density at radius 1 is 1.39 bits per heavy atom. The highest BCUT2D eigenvalue weighted by atomic mass is 35.5. The van der Waals surface area contributed by atoms with Crippen LogP contribution in [0.5, 0.6) is 0 Å². The number of carbonyl (C=O) groups is 2. The van der Waals surface area contributed by atoms with Gasteiger partial charge in [0.25, 0.3) is 0 Å². The normalized spacial score (nSPS) is 11.4. The quantitative estimate of drug-likeness (QED) is 0.539. The van der Waals surface area contributed by atoms with Crippen LogP contribution in [0.4, 0.5) is 0 Å². The number of aryl methyl sites for hydroxylation is 1. The second-order valence-corrected chi connectivity index (χ2v) is 7.28. The van der Waals surface area contributed by atoms with Crippen LogP contribution < -0.4 is 5.32 Å². The minimum atomic E-state index is -0.521. The molecular weight excluding hydrogens is 398 g/mol. The van der Waals surface area contributed by atoms with Crippen molar-refractivity contribution in [3.63, 3.8) is 0 Å². The minimum Gasteiger partial charge on any atom is -0.462 e. The van der Waals surface area contributed by atoms with Crippen molar-refractivity contribution in [1.82, 2.24) is 10.3 Å². The monoisotopic (exact) mass is 417 g/mol. The van der Waals surface area contributed by atoms with Crippen LogP contribution in [-0.4, -0.2) is 29.2 Å². The van der Waals surface area contributed by atoms with Crippen molar-refractivity contribution in [2.45, 2.75) is 31.8 Å². The van der Waals surface area contributed by atoms with Crippen LogP contribution in [0.1, 0.15) is 47.1 Å². The Hall–Kier alpha value is -2.56. The van der Waals surface area contributed by atoms with E-state index in [-0.39, 0.29) is 35.4 Å². The molecule has 0 aliphatic carbocycles. The zero-order valence-corrected chi connectivity index (χ0v) is 17.4. The molecule has 1 aromatic carbocycles. The molecule has 0 radical (unpaired) electrons. The van der Waals surface area contributed by atoms with E-state index >= 15 is 0 Å². The minimum absolute atomic E-state index is 0.0780. The molecule has 2 rings (SSSR count). The molecular formula is C20H20ClN3O3S. The number of carbonyl (C=O) groups excluding carboxylic acids is 2. The number of hydrogen-bond donors (Lipinski definition) is 1. The van der Waals surface area contributed by atoms with Gasteiger partial charge in [-0.3, -0.25) is 4.79 Å². The summed E-state index contributed by atoms with van der Waals surface area (Å²) >= 11 is 7.29. The maximum absolute atomic E-state index is 12.3.